The number of rotatable bonds is 4. The molecule has 1 aromatic heterocycles. The molecule has 0 amide bonds. The average Bonchev–Trinajstić information content (AvgIpc) is 3.95. The largest absolute Gasteiger partial charge is 0.436 e. The summed E-state index contributed by atoms with van der Waals surface area (Å²) >= 11 is 0. The van der Waals surface area contributed by atoms with E-state index in [4.69, 9.17) is 9.40 Å². The first-order valence-electron chi connectivity index (χ1n) is 28.4. The Hall–Kier alpha value is -6.33. The van der Waals surface area contributed by atoms with Crippen LogP contribution in [0.3, 0.4) is 0 Å². The van der Waals surface area contributed by atoms with Gasteiger partial charge in [0.25, 0.3) is 6.71 Å². The molecule has 12 rings (SSSR count). The molecule has 76 heavy (non-hydrogen) atoms. The molecular formula is C71H80BN3O. The van der Waals surface area contributed by atoms with Crippen LogP contribution in [0.15, 0.2) is 132 Å². The summed E-state index contributed by atoms with van der Waals surface area (Å²) < 4.78 is 6.98. The zero-order valence-electron chi connectivity index (χ0n) is 48.8. The van der Waals surface area contributed by atoms with E-state index in [1.54, 1.807) is 0 Å². The van der Waals surface area contributed by atoms with Gasteiger partial charge in [0.1, 0.15) is 5.52 Å². The van der Waals surface area contributed by atoms with Crippen LogP contribution in [-0.2, 0) is 37.9 Å². The van der Waals surface area contributed by atoms with Gasteiger partial charge >= 0.3 is 0 Å². The van der Waals surface area contributed by atoms with Gasteiger partial charge in [0.05, 0.1) is 0 Å². The predicted octanol–water partition coefficient (Wildman–Crippen LogP) is 17.8. The fourth-order valence-electron chi connectivity index (χ4n) is 13.4. The Morgan fingerprint density at radius 2 is 0.829 bits per heavy atom. The third kappa shape index (κ3) is 8.10. The summed E-state index contributed by atoms with van der Waals surface area (Å²) in [6.07, 6.45) is 4.64. The van der Waals surface area contributed by atoms with E-state index in [-0.39, 0.29) is 44.6 Å². The topological polar surface area (TPSA) is 32.5 Å². The second-order valence-corrected chi connectivity index (χ2v) is 29.1. The number of oxazole rings is 1. The lowest BCUT2D eigenvalue weighted by molar-refractivity contribution is 0.332. The van der Waals surface area contributed by atoms with Gasteiger partial charge in [0.2, 0.25) is 5.89 Å². The third-order valence-corrected chi connectivity index (χ3v) is 18.7. The van der Waals surface area contributed by atoms with Crippen molar-refractivity contribution in [2.24, 2.45) is 0 Å². The highest BCUT2D eigenvalue weighted by Crippen LogP contribution is 2.53. The monoisotopic (exact) mass is 1000 g/mol. The first-order valence-corrected chi connectivity index (χ1v) is 28.4. The van der Waals surface area contributed by atoms with E-state index in [2.05, 4.69) is 255 Å². The zero-order valence-corrected chi connectivity index (χ0v) is 48.8. The Bertz CT molecular complexity index is 3640. The maximum absolute atomic E-state index is 6.98. The first kappa shape index (κ1) is 50.5. The molecule has 0 spiro atoms. The third-order valence-electron chi connectivity index (χ3n) is 18.7. The van der Waals surface area contributed by atoms with Crippen molar-refractivity contribution in [3.63, 3.8) is 0 Å². The van der Waals surface area contributed by atoms with Crippen LogP contribution in [0.4, 0.5) is 34.1 Å². The van der Waals surface area contributed by atoms with Gasteiger partial charge in [-0.25, -0.2) is 4.98 Å². The van der Waals surface area contributed by atoms with Gasteiger partial charge in [0.15, 0.2) is 5.58 Å². The number of benzene rings is 7. The lowest BCUT2D eigenvalue weighted by Crippen LogP contribution is -2.62. The molecule has 5 heteroatoms. The number of nitrogens with zero attached hydrogens (tertiary/aromatic N) is 3. The molecule has 4 aliphatic rings. The minimum atomic E-state index is -0.144. The minimum Gasteiger partial charge on any atom is -0.436 e. The van der Waals surface area contributed by atoms with Crippen LogP contribution in [0.5, 0.6) is 0 Å². The van der Waals surface area contributed by atoms with Crippen LogP contribution in [0.25, 0.3) is 33.7 Å². The number of fused-ring (bicyclic) bond motifs is 7. The van der Waals surface area contributed by atoms with Crippen molar-refractivity contribution in [2.45, 2.75) is 181 Å². The molecule has 0 unspecified atom stereocenters. The van der Waals surface area contributed by atoms with Gasteiger partial charge in [-0.05, 0) is 197 Å². The van der Waals surface area contributed by atoms with E-state index in [1.165, 1.54) is 95.6 Å². The normalized spacial score (nSPS) is 17.9. The highest BCUT2D eigenvalue weighted by Gasteiger charge is 2.48. The molecule has 2 aliphatic carbocycles. The number of anilines is 6. The zero-order chi connectivity index (χ0) is 54.0. The van der Waals surface area contributed by atoms with Gasteiger partial charge in [-0.1, -0.05) is 178 Å². The molecule has 3 heterocycles. The molecule has 4 nitrogen and oxygen atoms in total. The van der Waals surface area contributed by atoms with Crippen LogP contribution in [0, 0.1) is 0 Å². The number of aromatic nitrogens is 1. The quantitative estimate of drug-likeness (QED) is 0.165. The Kier molecular flexibility index (Phi) is 11.0. The molecule has 0 radical (unpaired) electrons. The molecule has 2 aliphatic heterocycles. The summed E-state index contributed by atoms with van der Waals surface area (Å²) in [5, 5.41) is 0. The van der Waals surface area contributed by atoms with Crippen LogP contribution >= 0.6 is 0 Å². The smallest absolute Gasteiger partial charge is 0.252 e. The summed E-state index contributed by atoms with van der Waals surface area (Å²) in [6, 6.07) is 49.7. The van der Waals surface area contributed by atoms with E-state index >= 15 is 0 Å². The van der Waals surface area contributed by atoms with E-state index in [9.17, 15) is 0 Å². The lowest BCUT2D eigenvalue weighted by atomic mass is 9.33. The van der Waals surface area contributed by atoms with Gasteiger partial charge in [0, 0.05) is 39.7 Å². The molecule has 0 saturated carbocycles. The molecule has 0 atom stereocenters. The molecule has 0 N–H and O–H groups in total. The van der Waals surface area contributed by atoms with Crippen molar-refractivity contribution in [1.29, 1.82) is 0 Å². The fourth-order valence-corrected chi connectivity index (χ4v) is 13.4. The van der Waals surface area contributed by atoms with Gasteiger partial charge in [-0.15, -0.1) is 0 Å². The van der Waals surface area contributed by atoms with Crippen molar-refractivity contribution >= 4 is 68.3 Å². The number of hydrogen-bond acceptors (Lipinski definition) is 4. The summed E-state index contributed by atoms with van der Waals surface area (Å²) in [4.78, 5) is 10.6. The standard InChI is InChI=1S/C71H80BN3O/c1-65(2,3)46-24-22-44(23-25-46)43-18-20-45(21-19-43)64-73-57-42-59-56(41-62(57)76-64)72-55-39-53-54(71(16,17)35-34-70(53,14)15)40-58(55)75(50-30-31-51-52(38-50)69(12,13)33-32-68(51,10)11)61-37-48(67(7,8)9)36-60(63(61)72)74(59)49-28-26-47(27-29-49)66(4,5)6/h18-31,36-42H,32-35H2,1-17H3. The molecule has 0 fully saturated rings. The van der Waals surface area contributed by atoms with Crippen LogP contribution in [-0.4, -0.2) is 11.7 Å². The van der Waals surface area contributed by atoms with Gasteiger partial charge < -0.3 is 14.2 Å². The molecule has 0 saturated heterocycles. The molecular weight excluding hydrogens is 922 g/mol. The maximum Gasteiger partial charge on any atom is 0.252 e. The average molecular weight is 1000 g/mol. The summed E-state index contributed by atoms with van der Waals surface area (Å²) in [5.74, 6) is 0.632. The van der Waals surface area contributed by atoms with Crippen LogP contribution in [0.1, 0.15) is 182 Å². The minimum absolute atomic E-state index is 0.0114. The predicted molar refractivity (Wildman–Crippen MR) is 326 cm³/mol. The lowest BCUT2D eigenvalue weighted by Gasteiger charge is -2.48. The summed E-state index contributed by atoms with van der Waals surface area (Å²) in [5.41, 5.74) is 26.3. The fraction of sp³-hybridized carbons (Fsp3) is 0.394. The first-order chi connectivity index (χ1) is 35.5. The van der Waals surface area contributed by atoms with Gasteiger partial charge in [-0.2, -0.15) is 0 Å². The SMILES string of the molecule is CC(C)(C)c1ccc(-c2ccc(-c3nc4cc5c(cc4o3)B3c4cc6c(cc4N(c4ccc7c(c4)C(C)(C)CCC7(C)C)c4cc(C(C)(C)C)cc(c43)N5c3ccc(C(C)(C)C)cc3)C(C)(C)CCC6(C)C)cc2)cc1. The van der Waals surface area contributed by atoms with Crippen LogP contribution in [0.2, 0.25) is 0 Å². The van der Waals surface area contributed by atoms with Crippen molar-refractivity contribution in [3.8, 4) is 22.6 Å². The maximum atomic E-state index is 6.98. The van der Waals surface area contributed by atoms with Crippen molar-refractivity contribution in [1.82, 2.24) is 4.98 Å². The number of hydrogen-bond donors (Lipinski definition) is 0. The Labute approximate surface area is 455 Å². The summed E-state index contributed by atoms with van der Waals surface area (Å²) in [6.45, 7) is 40.5. The van der Waals surface area contributed by atoms with Crippen molar-refractivity contribution in [2.75, 3.05) is 9.80 Å². The Balaban J connectivity index is 1.13. The molecule has 0 bridgehead atoms. The molecule has 388 valence electrons. The highest BCUT2D eigenvalue weighted by molar-refractivity contribution is 7.00. The molecule has 8 aromatic rings. The van der Waals surface area contributed by atoms with Gasteiger partial charge in [-0.3, -0.25) is 0 Å². The van der Waals surface area contributed by atoms with E-state index < -0.39 is 0 Å². The van der Waals surface area contributed by atoms with Crippen molar-refractivity contribution < 1.29 is 4.42 Å². The van der Waals surface area contributed by atoms with E-state index in [0.717, 1.165) is 47.3 Å². The molecule has 7 aromatic carbocycles. The second-order valence-electron chi connectivity index (χ2n) is 29.1. The highest BCUT2D eigenvalue weighted by atomic mass is 16.3. The summed E-state index contributed by atoms with van der Waals surface area (Å²) in [7, 11) is 0. The Morgan fingerprint density at radius 3 is 1.37 bits per heavy atom. The van der Waals surface area contributed by atoms with Crippen LogP contribution < -0.4 is 26.2 Å². The van der Waals surface area contributed by atoms with E-state index in [1.807, 2.05) is 0 Å². The van der Waals surface area contributed by atoms with E-state index in [0.29, 0.717) is 5.89 Å². The van der Waals surface area contributed by atoms with Crippen molar-refractivity contribution in [3.05, 3.63) is 166 Å². The Morgan fingerprint density at radius 1 is 0.408 bits per heavy atom. The second kappa shape index (κ2) is 16.6.